The van der Waals surface area contributed by atoms with E-state index in [0.29, 0.717) is 5.75 Å². The van der Waals surface area contributed by atoms with Crippen molar-refractivity contribution in [3.8, 4) is 0 Å². The summed E-state index contributed by atoms with van der Waals surface area (Å²) in [6.07, 6.45) is 0.321. The van der Waals surface area contributed by atoms with E-state index in [4.69, 9.17) is 20.4 Å². The van der Waals surface area contributed by atoms with Crippen LogP contribution >= 0.6 is 35.5 Å². The number of amides is 2. The summed E-state index contributed by atoms with van der Waals surface area (Å²) in [5, 5.41) is 25.6. The largest absolute Gasteiger partial charge is 0.458 e. The molecule has 3 rings (SSSR count). The van der Waals surface area contributed by atoms with E-state index in [1.165, 1.54) is 35.2 Å². The van der Waals surface area contributed by atoms with Crippen molar-refractivity contribution >= 4 is 64.1 Å². The van der Waals surface area contributed by atoms with Gasteiger partial charge in [0.2, 0.25) is 0 Å². The van der Waals surface area contributed by atoms with Crippen molar-refractivity contribution in [1.82, 2.24) is 15.2 Å². The third-order valence-electron chi connectivity index (χ3n) is 4.12. The molecule has 1 fully saturated rings. The number of aliphatic hydroxyl groups is 2. The summed E-state index contributed by atoms with van der Waals surface area (Å²) < 4.78 is 4.92. The average Bonchev–Trinajstić information content (AvgIpc) is 3.18. The van der Waals surface area contributed by atoms with E-state index in [-0.39, 0.29) is 34.6 Å². The molecular weight excluding hydrogens is 474 g/mol. The zero-order valence-corrected chi connectivity index (χ0v) is 18.5. The fourth-order valence-electron chi connectivity index (χ4n) is 2.73. The lowest BCUT2D eigenvalue weighted by Crippen LogP contribution is -2.70. The zero-order chi connectivity index (χ0) is 21.8. The highest BCUT2D eigenvalue weighted by atomic mass is 35.5. The van der Waals surface area contributed by atoms with Gasteiger partial charge in [-0.2, -0.15) is 0 Å². The first-order chi connectivity index (χ1) is 14.4. The molecule has 3 heterocycles. The van der Waals surface area contributed by atoms with Crippen LogP contribution in [0, 0.1) is 0 Å². The van der Waals surface area contributed by atoms with Gasteiger partial charge in [0.05, 0.1) is 6.61 Å². The van der Waals surface area contributed by atoms with Gasteiger partial charge < -0.3 is 30.8 Å². The summed E-state index contributed by atoms with van der Waals surface area (Å²) in [6.45, 7) is -0.960. The number of carbonyl (C=O) groups is 3. The number of nitrogen functional groups attached to an aromatic ring is 1. The Bertz CT molecular complexity index is 909. The first-order valence-corrected chi connectivity index (χ1v) is 10.5. The van der Waals surface area contributed by atoms with Crippen LogP contribution in [-0.2, 0) is 24.0 Å². The molecule has 5 N–H and O–H groups in total. The number of carbonyl (C=O) groups excluding carboxylic acids is 3. The van der Waals surface area contributed by atoms with Gasteiger partial charge in [0.15, 0.2) is 10.8 Å². The van der Waals surface area contributed by atoms with Crippen LogP contribution in [0.25, 0.3) is 0 Å². The SMILES string of the molecule is CO/N=C(/C(=O)NC1C(=O)N2C(C(=O)OCC(O)CO)=CCSC12)c1csc(N)n1.Cl. The number of nitrogens with two attached hydrogens (primary N) is 1. The normalized spacial score (nSPS) is 21.1. The summed E-state index contributed by atoms with van der Waals surface area (Å²) in [4.78, 5) is 47.4. The smallest absolute Gasteiger partial charge is 0.354 e. The predicted molar refractivity (Wildman–Crippen MR) is 114 cm³/mol. The fourth-order valence-corrected chi connectivity index (χ4v) is 4.47. The number of oxime groups is 1. The number of β-lactam (4-membered cyclic amide) rings is 1. The highest BCUT2D eigenvalue weighted by Crippen LogP contribution is 2.37. The fraction of sp³-hybridized carbons (Fsp3) is 0.438. The van der Waals surface area contributed by atoms with Crippen molar-refractivity contribution in [3.63, 3.8) is 0 Å². The number of thiazole rings is 1. The Morgan fingerprint density at radius 2 is 2.26 bits per heavy atom. The van der Waals surface area contributed by atoms with Gasteiger partial charge in [0.1, 0.15) is 42.6 Å². The number of ether oxygens (including phenoxy) is 1. The van der Waals surface area contributed by atoms with Crippen molar-refractivity contribution in [1.29, 1.82) is 0 Å². The third-order valence-corrected chi connectivity index (χ3v) is 5.98. The van der Waals surface area contributed by atoms with E-state index in [0.717, 1.165) is 11.3 Å². The number of nitrogens with zero attached hydrogens (tertiary/aromatic N) is 3. The van der Waals surface area contributed by atoms with Gasteiger partial charge in [-0.3, -0.25) is 14.5 Å². The van der Waals surface area contributed by atoms with Crippen molar-refractivity contribution in [2.45, 2.75) is 17.5 Å². The quantitative estimate of drug-likeness (QED) is 0.147. The summed E-state index contributed by atoms with van der Waals surface area (Å²) in [5.41, 5.74) is 5.70. The van der Waals surface area contributed by atoms with Crippen molar-refractivity contribution in [2.24, 2.45) is 5.16 Å². The second kappa shape index (κ2) is 10.8. The first kappa shape index (κ1) is 24.9. The second-order valence-corrected chi connectivity index (χ2v) is 8.14. The van der Waals surface area contributed by atoms with Crippen molar-refractivity contribution in [3.05, 3.63) is 22.8 Å². The molecule has 2 amide bonds. The molecular formula is C16H20ClN5O7S2. The number of esters is 1. The minimum Gasteiger partial charge on any atom is -0.458 e. The van der Waals surface area contributed by atoms with Crippen LogP contribution in [0.15, 0.2) is 22.3 Å². The minimum atomic E-state index is -1.21. The van der Waals surface area contributed by atoms with E-state index in [2.05, 4.69) is 15.5 Å². The van der Waals surface area contributed by atoms with Gasteiger partial charge in [0.25, 0.3) is 11.8 Å². The molecule has 0 radical (unpaired) electrons. The number of halogens is 1. The van der Waals surface area contributed by atoms with E-state index in [1.54, 1.807) is 0 Å². The van der Waals surface area contributed by atoms with Gasteiger partial charge >= 0.3 is 5.97 Å². The van der Waals surface area contributed by atoms with Crippen LogP contribution in [-0.4, -0.2) is 87.2 Å². The molecule has 31 heavy (non-hydrogen) atoms. The molecule has 3 unspecified atom stereocenters. The number of aromatic nitrogens is 1. The molecule has 15 heteroatoms. The van der Waals surface area contributed by atoms with E-state index < -0.39 is 48.5 Å². The van der Waals surface area contributed by atoms with E-state index in [1.807, 2.05) is 0 Å². The highest BCUT2D eigenvalue weighted by molar-refractivity contribution is 8.00. The molecule has 12 nitrogen and oxygen atoms in total. The van der Waals surface area contributed by atoms with Crippen LogP contribution in [0.3, 0.4) is 0 Å². The topological polar surface area (TPSA) is 177 Å². The Balaban J connectivity index is 0.00000341. The Kier molecular flexibility index (Phi) is 8.64. The van der Waals surface area contributed by atoms with Crippen molar-refractivity contribution < 1.29 is 34.2 Å². The molecule has 1 saturated heterocycles. The van der Waals surface area contributed by atoms with Crippen LogP contribution in [0.1, 0.15) is 5.69 Å². The van der Waals surface area contributed by atoms with Crippen LogP contribution in [0.4, 0.5) is 5.13 Å². The van der Waals surface area contributed by atoms with Gasteiger partial charge in [-0.15, -0.1) is 35.5 Å². The lowest BCUT2D eigenvalue weighted by molar-refractivity contribution is -0.154. The Hall–Kier alpha value is -2.39. The van der Waals surface area contributed by atoms with Crippen LogP contribution in [0.5, 0.6) is 0 Å². The molecule has 1 aromatic heterocycles. The number of hydrogen-bond donors (Lipinski definition) is 4. The minimum absolute atomic E-state index is 0. The van der Waals surface area contributed by atoms with Crippen LogP contribution < -0.4 is 11.1 Å². The number of fused-ring (bicyclic) bond motifs is 1. The molecule has 0 aromatic carbocycles. The van der Waals surface area contributed by atoms with Gasteiger partial charge in [-0.1, -0.05) is 5.16 Å². The van der Waals surface area contributed by atoms with Crippen molar-refractivity contribution in [2.75, 3.05) is 31.8 Å². The summed E-state index contributed by atoms with van der Waals surface area (Å²) in [6, 6.07) is -0.889. The number of thioether (sulfide) groups is 1. The molecule has 2 aliphatic heterocycles. The number of aliphatic hydroxyl groups excluding tert-OH is 2. The Morgan fingerprint density at radius 1 is 1.52 bits per heavy atom. The summed E-state index contributed by atoms with van der Waals surface area (Å²) >= 11 is 2.48. The molecule has 0 aliphatic carbocycles. The monoisotopic (exact) mass is 493 g/mol. The van der Waals surface area contributed by atoms with E-state index >= 15 is 0 Å². The maximum Gasteiger partial charge on any atom is 0.354 e. The maximum atomic E-state index is 12.7. The second-order valence-electron chi connectivity index (χ2n) is 6.10. The third kappa shape index (κ3) is 5.27. The molecule has 0 bridgehead atoms. The molecule has 0 spiro atoms. The summed E-state index contributed by atoms with van der Waals surface area (Å²) in [7, 11) is 1.27. The highest BCUT2D eigenvalue weighted by Gasteiger charge is 2.53. The van der Waals surface area contributed by atoms with Gasteiger partial charge in [0, 0.05) is 11.1 Å². The predicted octanol–water partition coefficient (Wildman–Crippen LogP) is -1.32. The molecule has 1 aromatic rings. The zero-order valence-electron chi connectivity index (χ0n) is 16.1. The molecule has 170 valence electrons. The number of anilines is 1. The maximum absolute atomic E-state index is 12.7. The average molecular weight is 494 g/mol. The van der Waals surface area contributed by atoms with Gasteiger partial charge in [-0.25, -0.2) is 9.78 Å². The lowest BCUT2D eigenvalue weighted by Gasteiger charge is -2.48. The lowest BCUT2D eigenvalue weighted by atomic mass is 10.0. The Morgan fingerprint density at radius 3 is 2.87 bits per heavy atom. The number of hydrogen-bond acceptors (Lipinski definition) is 12. The summed E-state index contributed by atoms with van der Waals surface area (Å²) in [5.74, 6) is -1.56. The Labute approximate surface area is 190 Å². The molecule has 3 atom stereocenters. The molecule has 2 aliphatic rings. The first-order valence-electron chi connectivity index (χ1n) is 8.61. The van der Waals surface area contributed by atoms with Crippen LogP contribution in [0.2, 0.25) is 0 Å². The number of nitrogens with one attached hydrogen (secondary N) is 1. The van der Waals surface area contributed by atoms with E-state index in [9.17, 15) is 19.5 Å². The standard InChI is InChI=1S/C16H19N5O7S2.ClH/c1-27-20-10(8-6-30-16(17)18-8)12(24)19-11-13(25)21-9(2-3-29-14(11)21)15(26)28-5-7(23)4-22;/h2,6-7,11,14,22-23H,3-5H2,1H3,(H2,17,18)(H,19,24);1H/b20-10+;. The van der Waals surface area contributed by atoms with Gasteiger partial charge in [-0.05, 0) is 6.08 Å². The molecule has 0 saturated carbocycles. The number of rotatable bonds is 8.